The van der Waals surface area contributed by atoms with E-state index in [0.717, 1.165) is 31.5 Å². The maximum atomic E-state index is 12.9. The van der Waals surface area contributed by atoms with E-state index in [4.69, 9.17) is 5.73 Å². The van der Waals surface area contributed by atoms with Gasteiger partial charge in [0.25, 0.3) is 5.91 Å². The average molecular weight is 369 g/mol. The number of anilines is 2. The number of pyridine rings is 1. The average Bonchev–Trinajstić information content (AvgIpc) is 3.30. The number of nitrogen functional groups attached to an aromatic ring is 1. The molecule has 1 atom stereocenters. The van der Waals surface area contributed by atoms with Gasteiger partial charge in [-0.15, -0.1) is 0 Å². The fraction of sp³-hybridized carbons (Fsp3) is 0.353. The minimum Gasteiger partial charge on any atom is -0.375 e. The maximum Gasteiger partial charge on any atom is 0.274 e. The number of nitrogens with two attached hydrogens (primary N) is 1. The van der Waals surface area contributed by atoms with Crippen LogP contribution >= 0.6 is 11.3 Å². The molecule has 1 aliphatic heterocycles. The number of nitrogens with zero attached hydrogens (tertiary/aromatic N) is 5. The second kappa shape index (κ2) is 6.83. The Morgan fingerprint density at radius 1 is 1.31 bits per heavy atom. The van der Waals surface area contributed by atoms with E-state index in [-0.39, 0.29) is 11.9 Å². The largest absolute Gasteiger partial charge is 0.375 e. The molecule has 0 radical (unpaired) electrons. The molecule has 0 spiro atoms. The minimum absolute atomic E-state index is 0.0631. The summed E-state index contributed by atoms with van der Waals surface area (Å²) in [5, 5.41) is 3.61. The molecule has 0 bridgehead atoms. The summed E-state index contributed by atoms with van der Waals surface area (Å²) >= 11 is 1.25. The lowest BCUT2D eigenvalue weighted by molar-refractivity contribution is 0.0789. The van der Waals surface area contributed by atoms with Gasteiger partial charge in [0.2, 0.25) is 5.95 Å². The van der Waals surface area contributed by atoms with Crippen LogP contribution in [0.5, 0.6) is 0 Å². The highest BCUT2D eigenvalue weighted by atomic mass is 32.1. The van der Waals surface area contributed by atoms with Gasteiger partial charge in [0, 0.05) is 25.5 Å². The number of carbonyl (C=O) groups excluding carboxylic acids is 1. The Balaban J connectivity index is 1.70. The van der Waals surface area contributed by atoms with Gasteiger partial charge in [0.05, 0.1) is 6.04 Å². The fourth-order valence-corrected chi connectivity index (χ4v) is 3.78. The molecule has 0 aliphatic carbocycles. The Bertz CT molecular complexity index is 937. The van der Waals surface area contributed by atoms with E-state index in [9.17, 15) is 4.79 Å². The molecule has 8 nitrogen and oxygen atoms in total. The van der Waals surface area contributed by atoms with Crippen molar-refractivity contribution in [2.24, 2.45) is 0 Å². The summed E-state index contributed by atoms with van der Waals surface area (Å²) in [6.07, 6.45) is 5.55. The molecule has 1 amide bonds. The Kier molecular flexibility index (Phi) is 4.37. The number of rotatable bonds is 4. The summed E-state index contributed by atoms with van der Waals surface area (Å²) in [7, 11) is 0. The summed E-state index contributed by atoms with van der Waals surface area (Å²) < 4.78 is 0.638. The first-order chi connectivity index (χ1) is 12.6. The molecule has 134 valence electrons. The standard InChI is InChI=1S/C17H19N7OS/c1-10(11-5-4-6-19-9-11)20-17-21-12(15(25)24-7-2-3-8-24)13-14(23-17)22-16(18)26-13/h4-6,9-10H,2-3,7-8H2,1H3,(H3,18,20,21,22,23). The Morgan fingerprint density at radius 2 is 2.12 bits per heavy atom. The van der Waals surface area contributed by atoms with Crippen molar-refractivity contribution < 1.29 is 4.79 Å². The number of nitrogens with one attached hydrogen (secondary N) is 1. The minimum atomic E-state index is -0.0874. The molecule has 9 heteroatoms. The van der Waals surface area contributed by atoms with Crippen molar-refractivity contribution in [3.05, 3.63) is 35.8 Å². The number of aromatic nitrogens is 4. The summed E-state index contributed by atoms with van der Waals surface area (Å²) in [4.78, 5) is 32.1. The Hall–Kier alpha value is -2.81. The zero-order chi connectivity index (χ0) is 18.1. The summed E-state index contributed by atoms with van der Waals surface area (Å²) in [5.74, 6) is 0.275. The number of carbonyl (C=O) groups is 1. The van der Waals surface area contributed by atoms with Gasteiger partial charge in [-0.25, -0.2) is 9.97 Å². The highest BCUT2D eigenvalue weighted by molar-refractivity contribution is 7.22. The second-order valence-corrected chi connectivity index (χ2v) is 7.28. The molecular weight excluding hydrogens is 350 g/mol. The van der Waals surface area contributed by atoms with Gasteiger partial charge in [-0.2, -0.15) is 4.98 Å². The molecule has 3 aromatic heterocycles. The molecule has 1 aliphatic rings. The molecule has 0 aromatic carbocycles. The number of hydrogen-bond donors (Lipinski definition) is 2. The van der Waals surface area contributed by atoms with Crippen molar-refractivity contribution in [1.82, 2.24) is 24.8 Å². The zero-order valence-corrected chi connectivity index (χ0v) is 15.2. The van der Waals surface area contributed by atoms with Gasteiger partial charge >= 0.3 is 0 Å². The lowest BCUT2D eigenvalue weighted by atomic mass is 10.1. The van der Waals surface area contributed by atoms with E-state index in [1.54, 1.807) is 12.4 Å². The first kappa shape index (κ1) is 16.6. The lowest BCUT2D eigenvalue weighted by Crippen LogP contribution is -2.29. The van der Waals surface area contributed by atoms with Crippen LogP contribution in [0.25, 0.3) is 10.3 Å². The van der Waals surface area contributed by atoms with Crippen LogP contribution in [0.15, 0.2) is 24.5 Å². The Labute approximate surface area is 154 Å². The quantitative estimate of drug-likeness (QED) is 0.727. The molecule has 26 heavy (non-hydrogen) atoms. The van der Waals surface area contributed by atoms with Gasteiger partial charge in [-0.3, -0.25) is 9.78 Å². The van der Waals surface area contributed by atoms with E-state index < -0.39 is 0 Å². The topological polar surface area (TPSA) is 110 Å². The third-order valence-corrected chi connectivity index (χ3v) is 5.28. The van der Waals surface area contributed by atoms with Crippen LogP contribution in [-0.2, 0) is 0 Å². The number of thiazole rings is 1. The second-order valence-electron chi connectivity index (χ2n) is 6.25. The van der Waals surface area contributed by atoms with Gasteiger partial charge in [-0.1, -0.05) is 17.4 Å². The molecular formula is C17H19N7OS. The smallest absolute Gasteiger partial charge is 0.274 e. The van der Waals surface area contributed by atoms with Crippen LogP contribution in [0.2, 0.25) is 0 Å². The normalized spacial score (nSPS) is 15.3. The molecule has 3 aromatic rings. The van der Waals surface area contributed by atoms with E-state index >= 15 is 0 Å². The summed E-state index contributed by atoms with van der Waals surface area (Å²) in [5.41, 5.74) is 7.66. The first-order valence-electron chi connectivity index (χ1n) is 8.51. The van der Waals surface area contributed by atoms with Crippen LogP contribution in [-0.4, -0.2) is 43.8 Å². The van der Waals surface area contributed by atoms with Crippen LogP contribution in [0.1, 0.15) is 41.9 Å². The van der Waals surface area contributed by atoms with E-state index in [1.807, 2.05) is 24.0 Å². The first-order valence-corrected chi connectivity index (χ1v) is 9.33. The number of likely N-dealkylation sites (tertiary alicyclic amines) is 1. The Morgan fingerprint density at radius 3 is 2.85 bits per heavy atom. The third-order valence-electron chi connectivity index (χ3n) is 4.40. The van der Waals surface area contributed by atoms with Gasteiger partial charge < -0.3 is 16.0 Å². The summed E-state index contributed by atoms with van der Waals surface area (Å²) in [6.45, 7) is 3.50. The van der Waals surface area contributed by atoms with E-state index in [1.165, 1.54) is 11.3 Å². The van der Waals surface area contributed by atoms with Crippen molar-refractivity contribution >= 4 is 38.7 Å². The zero-order valence-electron chi connectivity index (χ0n) is 14.3. The van der Waals surface area contributed by atoms with Gasteiger partial charge in [0.15, 0.2) is 16.5 Å². The fourth-order valence-electron chi connectivity index (χ4n) is 3.03. The van der Waals surface area contributed by atoms with E-state index in [2.05, 4.69) is 25.3 Å². The van der Waals surface area contributed by atoms with Crippen LogP contribution < -0.4 is 11.1 Å². The molecule has 4 heterocycles. The number of fused-ring (bicyclic) bond motifs is 1. The van der Waals surface area contributed by atoms with Crippen LogP contribution in [0, 0.1) is 0 Å². The van der Waals surface area contributed by atoms with Crippen molar-refractivity contribution in [3.63, 3.8) is 0 Å². The van der Waals surface area contributed by atoms with E-state index in [0.29, 0.717) is 27.1 Å². The van der Waals surface area contributed by atoms with Gasteiger partial charge in [-0.05, 0) is 31.4 Å². The van der Waals surface area contributed by atoms with Crippen molar-refractivity contribution in [1.29, 1.82) is 0 Å². The molecule has 1 fully saturated rings. The predicted octanol–water partition coefficient (Wildman–Crippen LogP) is 2.47. The van der Waals surface area contributed by atoms with Crippen molar-refractivity contribution in [2.45, 2.75) is 25.8 Å². The highest BCUT2D eigenvalue weighted by Crippen LogP contribution is 2.28. The van der Waals surface area contributed by atoms with Crippen LogP contribution in [0.4, 0.5) is 11.1 Å². The maximum absolute atomic E-state index is 12.9. The van der Waals surface area contributed by atoms with Crippen LogP contribution in [0.3, 0.4) is 0 Å². The molecule has 1 saturated heterocycles. The third kappa shape index (κ3) is 3.17. The molecule has 4 rings (SSSR count). The SMILES string of the molecule is CC(Nc1nc(C(=O)N2CCCC2)c2sc(N)nc2n1)c1cccnc1. The lowest BCUT2D eigenvalue weighted by Gasteiger charge is -2.17. The summed E-state index contributed by atoms with van der Waals surface area (Å²) in [6, 6.07) is 3.79. The molecule has 0 saturated carbocycles. The van der Waals surface area contributed by atoms with Crippen molar-refractivity contribution in [3.8, 4) is 0 Å². The highest BCUT2D eigenvalue weighted by Gasteiger charge is 2.25. The molecule has 1 unspecified atom stereocenters. The van der Waals surface area contributed by atoms with Crippen molar-refractivity contribution in [2.75, 3.05) is 24.1 Å². The monoisotopic (exact) mass is 369 g/mol. The number of hydrogen-bond acceptors (Lipinski definition) is 8. The molecule has 3 N–H and O–H groups in total. The number of amides is 1. The van der Waals surface area contributed by atoms with Gasteiger partial charge in [0.1, 0.15) is 4.70 Å². The predicted molar refractivity (Wildman–Crippen MR) is 101 cm³/mol.